The second-order valence-corrected chi connectivity index (χ2v) is 8.49. The molecule has 22 heavy (non-hydrogen) atoms. The molecule has 1 aliphatic carbocycles. The maximum Gasteiger partial charge on any atom is 0.0468 e. The van der Waals surface area contributed by atoms with Crippen LogP contribution in [0.25, 0.3) is 21.8 Å². The van der Waals surface area contributed by atoms with Crippen molar-refractivity contribution in [2.75, 3.05) is 0 Å². The van der Waals surface area contributed by atoms with Gasteiger partial charge in [0.2, 0.25) is 0 Å². The summed E-state index contributed by atoms with van der Waals surface area (Å²) in [5.74, 6) is 0. The number of benzene rings is 2. The lowest BCUT2D eigenvalue weighted by atomic mass is 9.59. The van der Waals surface area contributed by atoms with Crippen LogP contribution < -0.4 is 0 Å². The number of hydrogen-bond acceptors (Lipinski definition) is 0. The van der Waals surface area contributed by atoms with Crippen molar-refractivity contribution in [1.82, 2.24) is 4.98 Å². The Morgan fingerprint density at radius 3 is 1.95 bits per heavy atom. The van der Waals surface area contributed by atoms with Crippen LogP contribution in [-0.4, -0.2) is 4.98 Å². The molecule has 1 N–H and O–H groups in total. The Morgan fingerprint density at radius 1 is 0.682 bits per heavy atom. The van der Waals surface area contributed by atoms with Crippen molar-refractivity contribution in [1.29, 1.82) is 0 Å². The van der Waals surface area contributed by atoms with Crippen LogP contribution >= 0.6 is 0 Å². The van der Waals surface area contributed by atoms with Crippen molar-refractivity contribution < 1.29 is 0 Å². The number of rotatable bonds is 0. The summed E-state index contributed by atoms with van der Waals surface area (Å²) in [6, 6.07) is 13.5. The molecule has 1 heterocycles. The van der Waals surface area contributed by atoms with E-state index in [1.807, 2.05) is 0 Å². The van der Waals surface area contributed by atoms with Gasteiger partial charge in [-0.1, -0.05) is 59.7 Å². The van der Waals surface area contributed by atoms with E-state index >= 15 is 0 Å². The first-order chi connectivity index (χ1) is 10.2. The Balaban J connectivity index is 2.15. The minimum absolute atomic E-state index is 0.164. The first-order valence-corrected chi connectivity index (χ1v) is 8.23. The first kappa shape index (κ1) is 13.9. The molecule has 0 bridgehead atoms. The summed E-state index contributed by atoms with van der Waals surface area (Å²) in [5.41, 5.74) is 6.06. The lowest BCUT2D eigenvalue weighted by molar-refractivity contribution is 0.125. The van der Waals surface area contributed by atoms with Crippen LogP contribution in [0.15, 0.2) is 36.4 Å². The second-order valence-electron chi connectivity index (χ2n) is 8.49. The third kappa shape index (κ3) is 1.36. The van der Waals surface area contributed by atoms with Gasteiger partial charge in [-0.3, -0.25) is 0 Å². The fourth-order valence-corrected chi connectivity index (χ4v) is 4.39. The molecule has 0 amide bonds. The predicted molar refractivity (Wildman–Crippen MR) is 95.6 cm³/mol. The zero-order valence-corrected chi connectivity index (χ0v) is 14.5. The van der Waals surface area contributed by atoms with Crippen LogP contribution in [0, 0.1) is 5.41 Å². The summed E-state index contributed by atoms with van der Waals surface area (Å²) in [5, 5.41) is 2.69. The van der Waals surface area contributed by atoms with Crippen molar-refractivity contribution in [3.63, 3.8) is 0 Å². The van der Waals surface area contributed by atoms with Gasteiger partial charge in [-0.25, -0.2) is 0 Å². The molecular formula is C21H25N. The Bertz CT molecular complexity index is 906. The molecule has 114 valence electrons. The maximum absolute atomic E-state index is 3.60. The Labute approximate surface area is 132 Å². The van der Waals surface area contributed by atoms with Crippen LogP contribution in [0.2, 0.25) is 0 Å². The SMILES string of the molecule is CC1(C)c2cc3[nH]c4ccccc4c3cc2C(C)(C)C1(C)C. The highest BCUT2D eigenvalue weighted by Crippen LogP contribution is 2.62. The number of fused-ring (bicyclic) bond motifs is 4. The van der Waals surface area contributed by atoms with Gasteiger partial charge in [0.15, 0.2) is 0 Å². The maximum atomic E-state index is 3.60. The largest absolute Gasteiger partial charge is 0.355 e. The molecule has 0 fully saturated rings. The number of para-hydroxylation sites is 1. The van der Waals surface area contributed by atoms with Gasteiger partial charge >= 0.3 is 0 Å². The normalized spacial score (nSPS) is 21.4. The monoisotopic (exact) mass is 291 g/mol. The van der Waals surface area contributed by atoms with E-state index in [1.165, 1.54) is 32.9 Å². The summed E-state index contributed by atoms with van der Waals surface area (Å²) in [7, 11) is 0. The molecule has 0 spiro atoms. The van der Waals surface area contributed by atoms with E-state index in [0.717, 1.165) is 0 Å². The van der Waals surface area contributed by atoms with Crippen LogP contribution in [-0.2, 0) is 10.8 Å². The molecule has 2 aromatic carbocycles. The number of nitrogens with one attached hydrogen (secondary N) is 1. The molecule has 1 heteroatoms. The summed E-state index contributed by atoms with van der Waals surface area (Å²) >= 11 is 0. The molecule has 0 unspecified atom stereocenters. The highest BCUT2D eigenvalue weighted by molar-refractivity contribution is 6.07. The molecule has 3 aromatic rings. The zero-order valence-electron chi connectivity index (χ0n) is 14.5. The smallest absolute Gasteiger partial charge is 0.0468 e. The average Bonchev–Trinajstić information content (AvgIpc) is 2.86. The van der Waals surface area contributed by atoms with Gasteiger partial charge in [0.05, 0.1) is 0 Å². The molecule has 4 rings (SSSR count). The standard InChI is InChI=1S/C21H25N/c1-19(2)15-11-14-13-9-7-8-10-17(13)22-18(14)12-16(15)20(3,4)21(19,5)6/h7-12,22H,1-6H3. The minimum Gasteiger partial charge on any atom is -0.355 e. The van der Waals surface area contributed by atoms with Gasteiger partial charge in [0.1, 0.15) is 0 Å². The van der Waals surface area contributed by atoms with E-state index in [9.17, 15) is 0 Å². The fourth-order valence-electron chi connectivity index (χ4n) is 4.39. The number of aromatic nitrogens is 1. The average molecular weight is 291 g/mol. The molecule has 0 radical (unpaired) electrons. The van der Waals surface area contributed by atoms with E-state index in [1.54, 1.807) is 0 Å². The second kappa shape index (κ2) is 3.76. The van der Waals surface area contributed by atoms with Crippen LogP contribution in [0.1, 0.15) is 52.7 Å². The molecule has 0 saturated carbocycles. The van der Waals surface area contributed by atoms with E-state index in [2.05, 4.69) is 82.9 Å². The van der Waals surface area contributed by atoms with Crippen molar-refractivity contribution >= 4 is 21.8 Å². The molecular weight excluding hydrogens is 266 g/mol. The van der Waals surface area contributed by atoms with E-state index in [0.29, 0.717) is 0 Å². The third-order valence-corrected chi connectivity index (χ3v) is 7.12. The van der Waals surface area contributed by atoms with Gasteiger partial charge in [-0.05, 0) is 45.6 Å². The molecule has 0 saturated heterocycles. The topological polar surface area (TPSA) is 15.8 Å². The summed E-state index contributed by atoms with van der Waals surface area (Å²) in [6.07, 6.45) is 0. The fraction of sp³-hybridized carbons (Fsp3) is 0.429. The van der Waals surface area contributed by atoms with Crippen LogP contribution in [0.5, 0.6) is 0 Å². The molecule has 1 nitrogen and oxygen atoms in total. The number of hydrogen-bond donors (Lipinski definition) is 1. The first-order valence-electron chi connectivity index (χ1n) is 8.23. The van der Waals surface area contributed by atoms with Crippen molar-refractivity contribution in [3.8, 4) is 0 Å². The van der Waals surface area contributed by atoms with Gasteiger partial charge in [0, 0.05) is 21.8 Å². The molecule has 0 atom stereocenters. The van der Waals surface area contributed by atoms with Gasteiger partial charge in [-0.15, -0.1) is 0 Å². The van der Waals surface area contributed by atoms with Crippen molar-refractivity contribution in [3.05, 3.63) is 47.5 Å². The summed E-state index contributed by atoms with van der Waals surface area (Å²) < 4.78 is 0. The molecule has 1 aromatic heterocycles. The van der Waals surface area contributed by atoms with Gasteiger partial charge in [-0.2, -0.15) is 0 Å². The summed E-state index contributed by atoms with van der Waals surface area (Å²) in [6.45, 7) is 14.4. The van der Waals surface area contributed by atoms with Gasteiger partial charge < -0.3 is 4.98 Å². The summed E-state index contributed by atoms with van der Waals surface area (Å²) in [4.78, 5) is 3.60. The quantitative estimate of drug-likeness (QED) is 0.529. The van der Waals surface area contributed by atoms with Crippen molar-refractivity contribution in [2.45, 2.75) is 52.4 Å². The third-order valence-electron chi connectivity index (χ3n) is 7.12. The van der Waals surface area contributed by atoms with Crippen LogP contribution in [0.4, 0.5) is 0 Å². The number of aromatic amines is 1. The minimum atomic E-state index is 0.164. The Morgan fingerprint density at radius 2 is 1.27 bits per heavy atom. The zero-order chi connectivity index (χ0) is 15.9. The van der Waals surface area contributed by atoms with Crippen LogP contribution in [0.3, 0.4) is 0 Å². The van der Waals surface area contributed by atoms with E-state index in [4.69, 9.17) is 0 Å². The lowest BCUT2D eigenvalue weighted by Gasteiger charge is -2.44. The highest BCUT2D eigenvalue weighted by atomic mass is 14.7. The Kier molecular flexibility index (Phi) is 2.37. The lowest BCUT2D eigenvalue weighted by Crippen LogP contribution is -2.42. The number of H-pyrrole nitrogens is 1. The highest BCUT2D eigenvalue weighted by Gasteiger charge is 2.56. The van der Waals surface area contributed by atoms with Gasteiger partial charge in [0.25, 0.3) is 0 Å². The molecule has 1 aliphatic rings. The molecule has 0 aliphatic heterocycles. The Hall–Kier alpha value is -1.76. The predicted octanol–water partition coefficient (Wildman–Crippen LogP) is 5.92. The van der Waals surface area contributed by atoms with E-state index < -0.39 is 0 Å². The van der Waals surface area contributed by atoms with Crippen molar-refractivity contribution in [2.24, 2.45) is 5.41 Å². The van der Waals surface area contributed by atoms with E-state index in [-0.39, 0.29) is 16.2 Å².